The van der Waals surface area contributed by atoms with Crippen LogP contribution < -0.4 is 5.32 Å². The van der Waals surface area contributed by atoms with Gasteiger partial charge in [-0.2, -0.15) is 4.98 Å². The van der Waals surface area contributed by atoms with Crippen molar-refractivity contribution in [3.63, 3.8) is 0 Å². The summed E-state index contributed by atoms with van der Waals surface area (Å²) < 4.78 is 5.52. The molecule has 1 aliphatic rings. The van der Waals surface area contributed by atoms with Gasteiger partial charge < -0.3 is 9.84 Å². The van der Waals surface area contributed by atoms with Crippen LogP contribution in [0.3, 0.4) is 0 Å². The summed E-state index contributed by atoms with van der Waals surface area (Å²) in [5, 5.41) is 7.75. The van der Waals surface area contributed by atoms with E-state index >= 15 is 0 Å². The Bertz CT molecular complexity index is 383. The molecule has 2 rings (SSSR count). The maximum atomic E-state index is 5.52. The highest BCUT2D eigenvalue weighted by atomic mass is 16.5. The van der Waals surface area contributed by atoms with Gasteiger partial charge in [0.2, 0.25) is 5.89 Å². The van der Waals surface area contributed by atoms with Gasteiger partial charge in [0.05, 0.1) is 5.92 Å². The normalized spacial score (nSPS) is 20.6. The maximum absolute atomic E-state index is 5.52. The van der Waals surface area contributed by atoms with Crippen LogP contribution in [-0.2, 0) is 0 Å². The third-order valence-corrected chi connectivity index (χ3v) is 4.53. The largest absolute Gasteiger partial charge is 0.339 e. The summed E-state index contributed by atoms with van der Waals surface area (Å²) >= 11 is 0. The quantitative estimate of drug-likeness (QED) is 0.800. The van der Waals surface area contributed by atoms with Gasteiger partial charge in [0.1, 0.15) is 0 Å². The summed E-state index contributed by atoms with van der Waals surface area (Å²) in [6.07, 6.45) is 8.91. The topological polar surface area (TPSA) is 51.0 Å². The van der Waals surface area contributed by atoms with Crippen LogP contribution in [0.5, 0.6) is 0 Å². The summed E-state index contributed by atoms with van der Waals surface area (Å²) in [6, 6.07) is 0.373. The van der Waals surface area contributed by atoms with Gasteiger partial charge in [-0.15, -0.1) is 0 Å². The second-order valence-corrected chi connectivity index (χ2v) is 6.21. The second-order valence-electron chi connectivity index (χ2n) is 6.21. The average molecular weight is 279 g/mol. The first kappa shape index (κ1) is 15.5. The van der Waals surface area contributed by atoms with E-state index in [1.54, 1.807) is 0 Å². The zero-order chi connectivity index (χ0) is 14.4. The van der Waals surface area contributed by atoms with Gasteiger partial charge in [0.15, 0.2) is 5.82 Å². The molecule has 1 saturated carbocycles. The standard InChI is InChI=1S/C16H29N3O/c1-4-11-17-13(3)12(2)16-18-15(19-20-16)14-9-7-5-6-8-10-14/h12-14,17H,4-11H2,1-3H3. The van der Waals surface area contributed by atoms with Crippen molar-refractivity contribution in [2.24, 2.45) is 0 Å². The summed E-state index contributed by atoms with van der Waals surface area (Å²) in [4.78, 5) is 4.69. The Morgan fingerprint density at radius 2 is 1.90 bits per heavy atom. The molecular formula is C16H29N3O. The van der Waals surface area contributed by atoms with Gasteiger partial charge in [-0.05, 0) is 32.7 Å². The first-order valence-corrected chi connectivity index (χ1v) is 8.29. The molecule has 4 heteroatoms. The molecule has 0 spiro atoms. The van der Waals surface area contributed by atoms with Crippen LogP contribution in [0.15, 0.2) is 4.52 Å². The Kier molecular flexibility index (Phi) is 6.02. The SMILES string of the molecule is CCCNC(C)C(C)c1nc(C2CCCCCC2)no1. The molecule has 1 aromatic rings. The molecule has 1 N–H and O–H groups in total. The Morgan fingerprint density at radius 3 is 2.55 bits per heavy atom. The van der Waals surface area contributed by atoms with Crippen LogP contribution in [-0.4, -0.2) is 22.7 Å². The smallest absolute Gasteiger partial charge is 0.231 e. The lowest BCUT2D eigenvalue weighted by Crippen LogP contribution is -2.31. The summed E-state index contributed by atoms with van der Waals surface area (Å²) in [7, 11) is 0. The summed E-state index contributed by atoms with van der Waals surface area (Å²) in [5.74, 6) is 2.52. The predicted octanol–water partition coefficient (Wildman–Crippen LogP) is 4.00. The Balaban J connectivity index is 1.96. The van der Waals surface area contributed by atoms with Crippen molar-refractivity contribution in [3.05, 3.63) is 11.7 Å². The molecule has 0 aliphatic heterocycles. The van der Waals surface area contributed by atoms with Crippen LogP contribution >= 0.6 is 0 Å². The first-order chi connectivity index (χ1) is 9.72. The van der Waals surface area contributed by atoms with Crippen LogP contribution in [0.4, 0.5) is 0 Å². The molecule has 1 heterocycles. The van der Waals surface area contributed by atoms with Gasteiger partial charge in [-0.1, -0.05) is 44.7 Å². The molecule has 2 atom stereocenters. The molecule has 0 saturated heterocycles. The van der Waals surface area contributed by atoms with Gasteiger partial charge in [-0.3, -0.25) is 0 Å². The molecule has 114 valence electrons. The number of rotatable bonds is 6. The Labute approximate surface area is 122 Å². The first-order valence-electron chi connectivity index (χ1n) is 8.29. The molecule has 4 nitrogen and oxygen atoms in total. The molecule has 0 aromatic carbocycles. The van der Waals surface area contributed by atoms with Crippen molar-refractivity contribution in [2.45, 2.75) is 83.6 Å². The van der Waals surface area contributed by atoms with Gasteiger partial charge in [0.25, 0.3) is 0 Å². The predicted molar refractivity (Wildman–Crippen MR) is 80.9 cm³/mol. The summed E-state index contributed by atoms with van der Waals surface area (Å²) in [5.41, 5.74) is 0. The highest BCUT2D eigenvalue weighted by Gasteiger charge is 2.24. The van der Waals surface area contributed by atoms with E-state index in [0.717, 1.165) is 24.7 Å². The van der Waals surface area contributed by atoms with E-state index in [4.69, 9.17) is 4.52 Å². The van der Waals surface area contributed by atoms with E-state index in [2.05, 4.69) is 36.2 Å². The minimum atomic E-state index is 0.272. The van der Waals surface area contributed by atoms with Crippen LogP contribution in [0.25, 0.3) is 0 Å². The van der Waals surface area contributed by atoms with Crippen molar-refractivity contribution < 1.29 is 4.52 Å². The zero-order valence-corrected chi connectivity index (χ0v) is 13.2. The average Bonchev–Trinajstić information content (AvgIpc) is 2.79. The molecule has 1 fully saturated rings. The lowest BCUT2D eigenvalue weighted by molar-refractivity contribution is 0.325. The molecule has 20 heavy (non-hydrogen) atoms. The van der Waals surface area contributed by atoms with Gasteiger partial charge in [0, 0.05) is 12.0 Å². The number of aromatic nitrogens is 2. The molecule has 0 radical (unpaired) electrons. The van der Waals surface area contributed by atoms with E-state index in [-0.39, 0.29) is 5.92 Å². The van der Waals surface area contributed by atoms with Crippen molar-refractivity contribution in [2.75, 3.05) is 6.54 Å². The number of nitrogens with one attached hydrogen (secondary N) is 1. The lowest BCUT2D eigenvalue weighted by atomic mass is 9.99. The third-order valence-electron chi connectivity index (χ3n) is 4.53. The molecular weight excluding hydrogens is 250 g/mol. The van der Waals surface area contributed by atoms with Crippen molar-refractivity contribution in [3.8, 4) is 0 Å². The van der Waals surface area contributed by atoms with Crippen molar-refractivity contribution in [1.29, 1.82) is 0 Å². The lowest BCUT2D eigenvalue weighted by Gasteiger charge is -2.17. The van der Waals surface area contributed by atoms with E-state index < -0.39 is 0 Å². The van der Waals surface area contributed by atoms with E-state index in [1.165, 1.54) is 38.5 Å². The fraction of sp³-hybridized carbons (Fsp3) is 0.875. The van der Waals surface area contributed by atoms with Crippen LogP contribution in [0.2, 0.25) is 0 Å². The van der Waals surface area contributed by atoms with Gasteiger partial charge >= 0.3 is 0 Å². The molecule has 1 aliphatic carbocycles. The molecule has 2 unspecified atom stereocenters. The van der Waals surface area contributed by atoms with Gasteiger partial charge in [-0.25, -0.2) is 0 Å². The maximum Gasteiger partial charge on any atom is 0.231 e. The third kappa shape index (κ3) is 4.05. The Morgan fingerprint density at radius 1 is 1.20 bits per heavy atom. The highest BCUT2D eigenvalue weighted by molar-refractivity contribution is 5.01. The Hall–Kier alpha value is -0.900. The zero-order valence-electron chi connectivity index (χ0n) is 13.2. The summed E-state index contributed by atoms with van der Waals surface area (Å²) in [6.45, 7) is 7.57. The van der Waals surface area contributed by atoms with Crippen molar-refractivity contribution >= 4 is 0 Å². The van der Waals surface area contributed by atoms with E-state index in [1.807, 2.05) is 0 Å². The van der Waals surface area contributed by atoms with E-state index in [9.17, 15) is 0 Å². The minimum Gasteiger partial charge on any atom is -0.339 e. The molecule has 0 amide bonds. The van der Waals surface area contributed by atoms with Crippen LogP contribution in [0, 0.1) is 0 Å². The number of hydrogen-bond acceptors (Lipinski definition) is 4. The minimum absolute atomic E-state index is 0.272. The van der Waals surface area contributed by atoms with Crippen LogP contribution in [0.1, 0.15) is 89.3 Å². The monoisotopic (exact) mass is 279 g/mol. The molecule has 1 aromatic heterocycles. The highest BCUT2D eigenvalue weighted by Crippen LogP contribution is 2.30. The fourth-order valence-corrected chi connectivity index (χ4v) is 2.90. The molecule has 0 bridgehead atoms. The van der Waals surface area contributed by atoms with E-state index in [0.29, 0.717) is 12.0 Å². The van der Waals surface area contributed by atoms with Crippen molar-refractivity contribution in [1.82, 2.24) is 15.5 Å². The fourth-order valence-electron chi connectivity index (χ4n) is 2.90. The number of hydrogen-bond donors (Lipinski definition) is 1. The second kappa shape index (κ2) is 7.77. The number of nitrogens with zero attached hydrogens (tertiary/aromatic N) is 2.